The molecule has 0 saturated carbocycles. The lowest BCUT2D eigenvalue weighted by Gasteiger charge is -2.23. The van der Waals surface area contributed by atoms with Crippen LogP contribution < -0.4 is 10.6 Å². The number of furan rings is 1. The van der Waals surface area contributed by atoms with E-state index in [0.29, 0.717) is 5.76 Å². The van der Waals surface area contributed by atoms with Gasteiger partial charge < -0.3 is 19.8 Å². The van der Waals surface area contributed by atoms with Crippen LogP contribution >= 0.6 is 11.8 Å². The number of carbonyl (C=O) groups is 3. The molecule has 0 saturated heterocycles. The fourth-order valence-corrected chi connectivity index (χ4v) is 3.33. The molecule has 2 aromatic rings. The number of ether oxygens (including phenoxy) is 1. The second-order valence-electron chi connectivity index (χ2n) is 5.31. The van der Waals surface area contributed by atoms with Crippen LogP contribution in [0.2, 0.25) is 0 Å². The maximum Gasteiger partial charge on any atom is 0.307 e. The van der Waals surface area contributed by atoms with E-state index in [2.05, 4.69) is 10.6 Å². The standard InChI is InChI=1S/C17H16N2O5S/c20-15(18-9-11-4-3-7-23-11)10-24-16(21)8-14-17(22)19-12-5-1-2-6-13(12)25-14/h1-7,14H,8-10H2,(H,18,20)(H,19,22)/t14-/m0/s1. The number of para-hydroxylation sites is 1. The van der Waals surface area contributed by atoms with Gasteiger partial charge in [-0.15, -0.1) is 11.8 Å². The molecule has 0 fully saturated rings. The molecule has 1 atom stereocenters. The number of anilines is 1. The number of nitrogens with one attached hydrogen (secondary N) is 2. The van der Waals surface area contributed by atoms with Gasteiger partial charge in [-0.1, -0.05) is 12.1 Å². The molecule has 1 aliphatic heterocycles. The fraction of sp³-hybridized carbons (Fsp3) is 0.235. The zero-order valence-corrected chi connectivity index (χ0v) is 14.0. The molecule has 0 bridgehead atoms. The van der Waals surface area contributed by atoms with Gasteiger partial charge in [0.1, 0.15) is 5.76 Å². The predicted octanol–water partition coefficient (Wildman–Crippen LogP) is 1.94. The molecule has 1 aromatic carbocycles. The van der Waals surface area contributed by atoms with Crippen molar-refractivity contribution in [2.75, 3.05) is 11.9 Å². The third-order valence-electron chi connectivity index (χ3n) is 3.46. The van der Waals surface area contributed by atoms with E-state index < -0.39 is 23.7 Å². The maximum atomic E-state index is 12.0. The molecule has 1 aromatic heterocycles. The highest BCUT2D eigenvalue weighted by molar-refractivity contribution is 8.01. The van der Waals surface area contributed by atoms with Gasteiger partial charge in [0.2, 0.25) is 5.91 Å². The molecule has 7 nitrogen and oxygen atoms in total. The van der Waals surface area contributed by atoms with Crippen LogP contribution in [-0.4, -0.2) is 29.6 Å². The van der Waals surface area contributed by atoms with Crippen LogP contribution in [0.5, 0.6) is 0 Å². The number of carbonyl (C=O) groups excluding carboxylic acids is 3. The summed E-state index contributed by atoms with van der Waals surface area (Å²) < 4.78 is 10.0. The molecule has 8 heteroatoms. The molecule has 2 heterocycles. The van der Waals surface area contributed by atoms with Crippen molar-refractivity contribution in [2.45, 2.75) is 23.1 Å². The summed E-state index contributed by atoms with van der Waals surface area (Å²) in [5, 5.41) is 4.75. The summed E-state index contributed by atoms with van der Waals surface area (Å²) in [6.07, 6.45) is 1.41. The molecule has 0 unspecified atom stereocenters. The second kappa shape index (κ2) is 7.89. The monoisotopic (exact) mass is 360 g/mol. The van der Waals surface area contributed by atoms with Crippen LogP contribution in [0.15, 0.2) is 52.0 Å². The van der Waals surface area contributed by atoms with Gasteiger partial charge in [0, 0.05) is 4.90 Å². The van der Waals surface area contributed by atoms with E-state index >= 15 is 0 Å². The number of hydrogen-bond acceptors (Lipinski definition) is 6. The smallest absolute Gasteiger partial charge is 0.307 e. The molecule has 0 radical (unpaired) electrons. The number of thioether (sulfide) groups is 1. The predicted molar refractivity (Wildman–Crippen MR) is 90.8 cm³/mol. The Hall–Kier alpha value is -2.74. The molecule has 2 amide bonds. The van der Waals surface area contributed by atoms with Gasteiger partial charge >= 0.3 is 5.97 Å². The number of rotatable bonds is 6. The van der Waals surface area contributed by atoms with Crippen molar-refractivity contribution < 1.29 is 23.5 Å². The Morgan fingerprint density at radius 2 is 2.08 bits per heavy atom. The second-order valence-corrected chi connectivity index (χ2v) is 6.56. The minimum atomic E-state index is -0.597. The molecule has 25 heavy (non-hydrogen) atoms. The lowest BCUT2D eigenvalue weighted by atomic mass is 10.2. The lowest BCUT2D eigenvalue weighted by Crippen LogP contribution is -2.33. The van der Waals surface area contributed by atoms with E-state index in [-0.39, 0.29) is 18.9 Å². The van der Waals surface area contributed by atoms with Crippen LogP contribution in [0.1, 0.15) is 12.2 Å². The van der Waals surface area contributed by atoms with Gasteiger partial charge in [-0.25, -0.2) is 0 Å². The molecular formula is C17H16N2O5S. The van der Waals surface area contributed by atoms with Gasteiger partial charge in [0.25, 0.3) is 5.91 Å². The Kier molecular flexibility index (Phi) is 5.39. The van der Waals surface area contributed by atoms with E-state index in [0.717, 1.165) is 10.6 Å². The highest BCUT2D eigenvalue weighted by atomic mass is 32.2. The normalized spacial score (nSPS) is 15.8. The summed E-state index contributed by atoms with van der Waals surface area (Å²) in [6, 6.07) is 10.8. The molecule has 130 valence electrons. The van der Waals surface area contributed by atoms with E-state index in [9.17, 15) is 14.4 Å². The van der Waals surface area contributed by atoms with Crippen molar-refractivity contribution >= 4 is 35.2 Å². The molecule has 2 N–H and O–H groups in total. The van der Waals surface area contributed by atoms with Crippen molar-refractivity contribution in [1.82, 2.24) is 5.32 Å². The van der Waals surface area contributed by atoms with Crippen LogP contribution in [0.3, 0.4) is 0 Å². The van der Waals surface area contributed by atoms with E-state index in [1.54, 1.807) is 18.2 Å². The Morgan fingerprint density at radius 3 is 2.88 bits per heavy atom. The van der Waals surface area contributed by atoms with Crippen molar-refractivity contribution in [3.8, 4) is 0 Å². The Balaban J connectivity index is 1.43. The largest absolute Gasteiger partial charge is 0.467 e. The SMILES string of the molecule is O=C(COC(=O)C[C@@H]1Sc2ccccc2NC1=O)NCc1ccco1. The summed E-state index contributed by atoms with van der Waals surface area (Å²) in [5.74, 6) is -0.674. The summed E-state index contributed by atoms with van der Waals surface area (Å²) in [7, 11) is 0. The molecule has 1 aliphatic rings. The summed E-state index contributed by atoms with van der Waals surface area (Å²) in [5.41, 5.74) is 0.736. The summed E-state index contributed by atoms with van der Waals surface area (Å²) >= 11 is 1.31. The molecule has 0 aliphatic carbocycles. The summed E-state index contributed by atoms with van der Waals surface area (Å²) in [6.45, 7) is -0.170. The fourth-order valence-electron chi connectivity index (χ4n) is 2.23. The number of fused-ring (bicyclic) bond motifs is 1. The quantitative estimate of drug-likeness (QED) is 0.764. The molecule has 0 spiro atoms. The topological polar surface area (TPSA) is 97.6 Å². The van der Waals surface area contributed by atoms with E-state index in [1.165, 1.54) is 18.0 Å². The third-order valence-corrected chi connectivity index (χ3v) is 4.74. The van der Waals surface area contributed by atoms with Gasteiger partial charge in [-0.05, 0) is 24.3 Å². The van der Waals surface area contributed by atoms with E-state index in [4.69, 9.17) is 9.15 Å². The lowest BCUT2D eigenvalue weighted by molar-refractivity contribution is -0.149. The third kappa shape index (κ3) is 4.63. The molecule has 3 rings (SSSR count). The van der Waals surface area contributed by atoms with Crippen LogP contribution in [-0.2, 0) is 25.7 Å². The van der Waals surface area contributed by atoms with Crippen LogP contribution in [0.4, 0.5) is 5.69 Å². The van der Waals surface area contributed by atoms with E-state index in [1.807, 2.05) is 18.2 Å². The Morgan fingerprint density at radius 1 is 1.24 bits per heavy atom. The minimum absolute atomic E-state index is 0.101. The van der Waals surface area contributed by atoms with Crippen molar-refractivity contribution in [3.63, 3.8) is 0 Å². The maximum absolute atomic E-state index is 12.0. The molecular weight excluding hydrogens is 344 g/mol. The number of hydrogen-bond donors (Lipinski definition) is 2. The first-order valence-electron chi connectivity index (χ1n) is 7.63. The number of benzene rings is 1. The minimum Gasteiger partial charge on any atom is -0.467 e. The van der Waals surface area contributed by atoms with Gasteiger partial charge in [0.15, 0.2) is 6.61 Å². The highest BCUT2D eigenvalue weighted by Crippen LogP contribution is 2.36. The van der Waals surface area contributed by atoms with Crippen molar-refractivity contribution in [3.05, 3.63) is 48.4 Å². The number of amides is 2. The summed E-state index contributed by atoms with van der Waals surface area (Å²) in [4.78, 5) is 36.5. The Bertz CT molecular complexity index is 775. The highest BCUT2D eigenvalue weighted by Gasteiger charge is 2.29. The first kappa shape index (κ1) is 17.1. The average molecular weight is 360 g/mol. The average Bonchev–Trinajstić information content (AvgIpc) is 3.12. The first-order valence-corrected chi connectivity index (χ1v) is 8.51. The van der Waals surface area contributed by atoms with Crippen molar-refractivity contribution in [1.29, 1.82) is 0 Å². The van der Waals surface area contributed by atoms with Gasteiger partial charge in [-0.2, -0.15) is 0 Å². The van der Waals surface area contributed by atoms with Gasteiger partial charge in [0.05, 0.1) is 30.2 Å². The van der Waals surface area contributed by atoms with Crippen LogP contribution in [0, 0.1) is 0 Å². The zero-order chi connectivity index (χ0) is 17.6. The van der Waals surface area contributed by atoms with Gasteiger partial charge in [-0.3, -0.25) is 14.4 Å². The zero-order valence-electron chi connectivity index (χ0n) is 13.2. The Labute approximate surface area is 148 Å². The van der Waals surface area contributed by atoms with Crippen LogP contribution in [0.25, 0.3) is 0 Å². The van der Waals surface area contributed by atoms with Crippen molar-refractivity contribution in [2.24, 2.45) is 0 Å². The number of esters is 1. The first-order chi connectivity index (χ1) is 12.1.